The predicted molar refractivity (Wildman–Crippen MR) is 59.2 cm³/mol. The number of sulfone groups is 1. The lowest BCUT2D eigenvalue weighted by atomic mass is 10.2. The molecule has 0 aliphatic heterocycles. The second kappa shape index (κ2) is 4.54. The zero-order valence-electron chi connectivity index (χ0n) is 8.95. The monoisotopic (exact) mass is 257 g/mol. The summed E-state index contributed by atoms with van der Waals surface area (Å²) in [5, 5.41) is 7.34. The Labute approximate surface area is 98.0 Å². The topological polar surface area (TPSA) is 115 Å². The Kier molecular flexibility index (Phi) is 3.52. The van der Waals surface area contributed by atoms with E-state index in [9.17, 15) is 18.0 Å². The molecule has 1 amide bonds. The maximum atomic E-state index is 11.9. The number of carboxylic acid groups (broad SMARTS) is 1. The molecule has 1 aromatic rings. The van der Waals surface area contributed by atoms with Crippen molar-refractivity contribution in [1.82, 2.24) is 0 Å². The third-order valence-corrected chi connectivity index (χ3v) is 4.35. The first-order valence-corrected chi connectivity index (χ1v) is 6.18. The number of nitrogens with two attached hydrogens (primary N) is 1. The van der Waals surface area contributed by atoms with Gasteiger partial charge in [-0.2, -0.15) is 0 Å². The first-order valence-electron chi connectivity index (χ1n) is 4.63. The lowest BCUT2D eigenvalue weighted by Gasteiger charge is -2.09. The molecule has 0 saturated carbocycles. The lowest BCUT2D eigenvalue weighted by molar-refractivity contribution is -0.117. The van der Waals surface area contributed by atoms with Crippen LogP contribution in [0.15, 0.2) is 29.2 Å². The summed E-state index contributed by atoms with van der Waals surface area (Å²) >= 11 is 0. The summed E-state index contributed by atoms with van der Waals surface area (Å²) in [7, 11) is -3.93. The van der Waals surface area contributed by atoms with Crippen molar-refractivity contribution >= 4 is 21.7 Å². The van der Waals surface area contributed by atoms with Crippen LogP contribution in [-0.2, 0) is 14.6 Å². The Balaban J connectivity index is 3.30. The Bertz CT molecular complexity index is 564. The molecule has 6 nitrogen and oxygen atoms in total. The Morgan fingerprint density at radius 3 is 2.41 bits per heavy atom. The van der Waals surface area contributed by atoms with Crippen LogP contribution in [-0.4, -0.2) is 30.7 Å². The van der Waals surface area contributed by atoms with Gasteiger partial charge in [0, 0.05) is 0 Å². The quantitative estimate of drug-likeness (QED) is 0.789. The number of carbonyl (C=O) groups is 2. The smallest absolute Gasteiger partial charge is 0.335 e. The van der Waals surface area contributed by atoms with E-state index >= 15 is 0 Å². The summed E-state index contributed by atoms with van der Waals surface area (Å²) in [6, 6.07) is 4.78. The molecule has 1 aromatic carbocycles. The number of primary amides is 1. The van der Waals surface area contributed by atoms with Gasteiger partial charge in [0.2, 0.25) is 5.91 Å². The first-order chi connectivity index (χ1) is 7.76. The van der Waals surface area contributed by atoms with E-state index in [0.717, 1.165) is 13.0 Å². The number of aromatic carboxylic acids is 1. The molecule has 0 aromatic heterocycles. The Hall–Kier alpha value is -1.89. The molecule has 0 heterocycles. The van der Waals surface area contributed by atoms with E-state index in [1.165, 1.54) is 18.2 Å². The molecular formula is C10H11NO5S. The van der Waals surface area contributed by atoms with E-state index in [0.29, 0.717) is 0 Å². The number of rotatable bonds is 4. The molecule has 0 spiro atoms. The van der Waals surface area contributed by atoms with Crippen molar-refractivity contribution in [3.05, 3.63) is 29.8 Å². The molecule has 1 atom stereocenters. The Morgan fingerprint density at radius 2 is 1.94 bits per heavy atom. The highest BCUT2D eigenvalue weighted by Crippen LogP contribution is 2.17. The summed E-state index contributed by atoms with van der Waals surface area (Å²) in [4.78, 5) is 21.3. The normalized spacial score (nSPS) is 13.0. The van der Waals surface area contributed by atoms with Gasteiger partial charge < -0.3 is 10.8 Å². The molecule has 0 bridgehead atoms. The molecule has 1 rings (SSSR count). The standard InChI is InChI=1S/C10H11NO5S/c1-6(9(11)12)17(15,16)8-4-2-3-7(5-8)10(13)14/h2-6H,1H3,(H2,11,12)(H,13,14). The zero-order valence-corrected chi connectivity index (χ0v) is 9.77. The van der Waals surface area contributed by atoms with Gasteiger partial charge in [0.25, 0.3) is 0 Å². The lowest BCUT2D eigenvalue weighted by Crippen LogP contribution is -2.33. The van der Waals surface area contributed by atoms with Gasteiger partial charge in [0.05, 0.1) is 10.5 Å². The highest BCUT2D eigenvalue weighted by Gasteiger charge is 2.28. The van der Waals surface area contributed by atoms with Gasteiger partial charge in [-0.15, -0.1) is 0 Å². The molecular weight excluding hydrogens is 246 g/mol. The fraction of sp³-hybridized carbons (Fsp3) is 0.200. The highest BCUT2D eigenvalue weighted by atomic mass is 32.2. The van der Waals surface area contributed by atoms with Crippen LogP contribution in [0.25, 0.3) is 0 Å². The third kappa shape index (κ3) is 2.62. The van der Waals surface area contributed by atoms with Crippen molar-refractivity contribution in [3.8, 4) is 0 Å². The van der Waals surface area contributed by atoms with Gasteiger partial charge in [0.15, 0.2) is 9.84 Å². The van der Waals surface area contributed by atoms with Crippen molar-refractivity contribution in [3.63, 3.8) is 0 Å². The summed E-state index contributed by atoms with van der Waals surface area (Å²) in [5.74, 6) is -2.22. The van der Waals surface area contributed by atoms with Crippen molar-refractivity contribution in [2.45, 2.75) is 17.1 Å². The second-order valence-electron chi connectivity index (χ2n) is 3.42. The summed E-state index contributed by atoms with van der Waals surface area (Å²) in [6.45, 7) is 1.16. The molecule has 92 valence electrons. The largest absolute Gasteiger partial charge is 0.478 e. The molecule has 7 heteroatoms. The Morgan fingerprint density at radius 1 is 1.35 bits per heavy atom. The number of benzene rings is 1. The maximum absolute atomic E-state index is 11.9. The van der Waals surface area contributed by atoms with E-state index in [1.807, 2.05) is 0 Å². The van der Waals surface area contributed by atoms with Gasteiger partial charge in [-0.25, -0.2) is 13.2 Å². The van der Waals surface area contributed by atoms with E-state index in [1.54, 1.807) is 0 Å². The highest BCUT2D eigenvalue weighted by molar-refractivity contribution is 7.92. The van der Waals surface area contributed by atoms with Gasteiger partial charge in [0.1, 0.15) is 5.25 Å². The number of carboxylic acids is 1. The summed E-state index contributed by atoms with van der Waals surface area (Å²) in [5.41, 5.74) is 4.76. The van der Waals surface area contributed by atoms with Crippen molar-refractivity contribution in [1.29, 1.82) is 0 Å². The van der Waals surface area contributed by atoms with Crippen LogP contribution >= 0.6 is 0 Å². The van der Waals surface area contributed by atoms with Crippen LogP contribution in [0.5, 0.6) is 0 Å². The van der Waals surface area contributed by atoms with E-state index < -0.39 is 27.0 Å². The van der Waals surface area contributed by atoms with Gasteiger partial charge >= 0.3 is 5.97 Å². The molecule has 1 unspecified atom stereocenters. The van der Waals surface area contributed by atoms with Gasteiger partial charge in [-0.1, -0.05) is 6.07 Å². The maximum Gasteiger partial charge on any atom is 0.335 e. The minimum Gasteiger partial charge on any atom is -0.478 e. The number of amides is 1. The average molecular weight is 257 g/mol. The summed E-state index contributed by atoms with van der Waals surface area (Å²) < 4.78 is 23.7. The van der Waals surface area contributed by atoms with E-state index in [4.69, 9.17) is 10.8 Å². The van der Waals surface area contributed by atoms with Crippen LogP contribution in [0.4, 0.5) is 0 Å². The molecule has 0 aliphatic rings. The minimum absolute atomic E-state index is 0.164. The van der Waals surface area contributed by atoms with Crippen molar-refractivity contribution in [2.24, 2.45) is 5.73 Å². The average Bonchev–Trinajstić information content (AvgIpc) is 2.28. The fourth-order valence-corrected chi connectivity index (χ4v) is 2.44. The van der Waals surface area contributed by atoms with Crippen LogP contribution in [0.2, 0.25) is 0 Å². The van der Waals surface area contributed by atoms with Crippen molar-refractivity contribution < 1.29 is 23.1 Å². The van der Waals surface area contributed by atoms with E-state index in [2.05, 4.69) is 0 Å². The SMILES string of the molecule is CC(C(N)=O)S(=O)(=O)c1cccc(C(=O)O)c1. The fourth-order valence-electron chi connectivity index (χ4n) is 1.16. The number of hydrogen-bond donors (Lipinski definition) is 2. The molecule has 0 radical (unpaired) electrons. The zero-order chi connectivity index (χ0) is 13.2. The summed E-state index contributed by atoms with van der Waals surface area (Å²) in [6.07, 6.45) is 0. The van der Waals surface area contributed by atoms with Crippen LogP contribution in [0.1, 0.15) is 17.3 Å². The van der Waals surface area contributed by atoms with E-state index in [-0.39, 0.29) is 10.5 Å². The first kappa shape index (κ1) is 13.2. The van der Waals surface area contributed by atoms with Gasteiger partial charge in [-0.05, 0) is 25.1 Å². The van der Waals surface area contributed by atoms with Crippen LogP contribution in [0, 0.1) is 0 Å². The van der Waals surface area contributed by atoms with Crippen molar-refractivity contribution in [2.75, 3.05) is 0 Å². The number of carbonyl (C=O) groups excluding carboxylic acids is 1. The molecule has 0 fully saturated rings. The molecule has 17 heavy (non-hydrogen) atoms. The molecule has 0 aliphatic carbocycles. The molecule has 0 saturated heterocycles. The van der Waals surface area contributed by atoms with Crippen LogP contribution in [0.3, 0.4) is 0 Å². The number of hydrogen-bond acceptors (Lipinski definition) is 4. The van der Waals surface area contributed by atoms with Gasteiger partial charge in [-0.3, -0.25) is 4.79 Å². The van der Waals surface area contributed by atoms with Crippen LogP contribution < -0.4 is 5.73 Å². The predicted octanol–water partition coefficient (Wildman–Crippen LogP) is 0.0323. The second-order valence-corrected chi connectivity index (χ2v) is 5.69. The third-order valence-electron chi connectivity index (χ3n) is 2.28. The minimum atomic E-state index is -3.93. The molecule has 3 N–H and O–H groups in total.